The van der Waals surface area contributed by atoms with Crippen LogP contribution in [0.1, 0.15) is 60.0 Å². The highest BCUT2D eigenvalue weighted by Crippen LogP contribution is 2.33. The summed E-state index contributed by atoms with van der Waals surface area (Å²) in [6, 6.07) is 10.2. The van der Waals surface area contributed by atoms with Crippen molar-refractivity contribution in [1.29, 1.82) is 0 Å². The number of nitrogens with one attached hydrogen (secondary N) is 1. The minimum Gasteiger partial charge on any atom is -0.448 e. The van der Waals surface area contributed by atoms with Crippen LogP contribution in [0.5, 0.6) is 0 Å². The van der Waals surface area contributed by atoms with Crippen LogP contribution in [0.3, 0.4) is 0 Å². The maximum Gasteiger partial charge on any atom is 0.200 e. The van der Waals surface area contributed by atoms with Crippen LogP contribution >= 0.6 is 11.6 Å². The first kappa shape index (κ1) is 17.2. The second-order valence-corrected chi connectivity index (χ2v) is 7.09. The van der Waals surface area contributed by atoms with Crippen molar-refractivity contribution in [2.45, 2.75) is 44.7 Å². The zero-order valence-electron chi connectivity index (χ0n) is 14.7. The van der Waals surface area contributed by atoms with E-state index in [4.69, 9.17) is 21.0 Å². The maximum absolute atomic E-state index is 6.33. The molecule has 1 fully saturated rings. The number of pyridine rings is 2. The minimum atomic E-state index is 0.155. The van der Waals surface area contributed by atoms with E-state index in [1.54, 1.807) is 12.5 Å². The molecule has 1 N–H and O–H groups in total. The first-order valence-electron chi connectivity index (χ1n) is 8.92. The van der Waals surface area contributed by atoms with Gasteiger partial charge in [-0.05, 0) is 50.5 Å². The highest BCUT2D eigenvalue weighted by atomic mass is 35.5. The number of halogens is 1. The van der Waals surface area contributed by atoms with Crippen molar-refractivity contribution in [2.75, 3.05) is 0 Å². The van der Waals surface area contributed by atoms with Crippen LogP contribution in [0.2, 0.25) is 5.02 Å². The summed E-state index contributed by atoms with van der Waals surface area (Å²) in [4.78, 5) is 13.7. The molecule has 134 valence electrons. The third-order valence-corrected chi connectivity index (χ3v) is 5.01. The number of oxazole rings is 1. The van der Waals surface area contributed by atoms with E-state index in [1.165, 1.54) is 0 Å². The molecule has 1 aliphatic heterocycles. The molecule has 0 aromatic carbocycles. The SMILES string of the molecule is Cc1coc(Cc2cccc([C@H]3CCC[C@@H](c4ncccc4Cl)N3)n2)n1. The number of hydrogen-bond donors (Lipinski definition) is 1. The number of aryl methyl sites for hydroxylation is 1. The van der Waals surface area contributed by atoms with E-state index in [9.17, 15) is 0 Å². The predicted molar refractivity (Wildman–Crippen MR) is 100.0 cm³/mol. The summed E-state index contributed by atoms with van der Waals surface area (Å²) < 4.78 is 5.45. The molecule has 4 heterocycles. The van der Waals surface area contributed by atoms with Crippen molar-refractivity contribution in [2.24, 2.45) is 0 Å². The Balaban J connectivity index is 1.52. The van der Waals surface area contributed by atoms with Crippen molar-refractivity contribution in [3.63, 3.8) is 0 Å². The molecule has 0 radical (unpaired) electrons. The topological polar surface area (TPSA) is 63.8 Å². The molecule has 0 bridgehead atoms. The van der Waals surface area contributed by atoms with E-state index >= 15 is 0 Å². The molecule has 3 aromatic rings. The van der Waals surface area contributed by atoms with Crippen LogP contribution in [-0.2, 0) is 6.42 Å². The summed E-state index contributed by atoms with van der Waals surface area (Å²) in [6.45, 7) is 1.92. The predicted octanol–water partition coefficient (Wildman–Crippen LogP) is 4.57. The molecule has 0 amide bonds. The van der Waals surface area contributed by atoms with Crippen molar-refractivity contribution >= 4 is 11.6 Å². The first-order chi connectivity index (χ1) is 12.7. The third-order valence-electron chi connectivity index (χ3n) is 4.69. The zero-order valence-corrected chi connectivity index (χ0v) is 15.4. The minimum absolute atomic E-state index is 0.155. The van der Waals surface area contributed by atoms with Crippen LogP contribution < -0.4 is 5.32 Å². The van der Waals surface area contributed by atoms with Crippen LogP contribution in [0.4, 0.5) is 0 Å². The van der Waals surface area contributed by atoms with Gasteiger partial charge in [0, 0.05) is 17.9 Å². The Kier molecular flexibility index (Phi) is 5.00. The van der Waals surface area contributed by atoms with Crippen molar-refractivity contribution in [3.8, 4) is 0 Å². The molecule has 0 aliphatic carbocycles. The molecule has 0 spiro atoms. The smallest absolute Gasteiger partial charge is 0.200 e. The number of aromatic nitrogens is 3. The molecular formula is C20H21ClN4O. The van der Waals surface area contributed by atoms with E-state index in [0.29, 0.717) is 17.3 Å². The Hall–Kier alpha value is -2.24. The molecule has 3 aromatic heterocycles. The second-order valence-electron chi connectivity index (χ2n) is 6.69. The quantitative estimate of drug-likeness (QED) is 0.730. The molecule has 6 heteroatoms. The van der Waals surface area contributed by atoms with Gasteiger partial charge < -0.3 is 9.73 Å². The molecule has 5 nitrogen and oxygen atoms in total. The summed E-state index contributed by atoms with van der Waals surface area (Å²) in [5.41, 5.74) is 3.82. The molecule has 1 saturated heterocycles. The first-order valence-corrected chi connectivity index (χ1v) is 9.30. The summed E-state index contributed by atoms with van der Waals surface area (Å²) in [5.74, 6) is 0.696. The summed E-state index contributed by atoms with van der Waals surface area (Å²) in [7, 11) is 0. The molecule has 0 unspecified atom stereocenters. The monoisotopic (exact) mass is 368 g/mol. The number of rotatable bonds is 4. The van der Waals surface area contributed by atoms with Crippen molar-refractivity contribution in [1.82, 2.24) is 20.3 Å². The Morgan fingerprint density at radius 3 is 2.85 bits per heavy atom. The van der Waals surface area contributed by atoms with Crippen LogP contribution in [0.25, 0.3) is 0 Å². The van der Waals surface area contributed by atoms with Gasteiger partial charge in [0.05, 0.1) is 34.6 Å². The lowest BCUT2D eigenvalue weighted by molar-refractivity contribution is 0.321. The number of piperidine rings is 1. The van der Waals surface area contributed by atoms with Gasteiger partial charge in [-0.3, -0.25) is 9.97 Å². The fourth-order valence-corrected chi connectivity index (χ4v) is 3.72. The normalized spacial score (nSPS) is 20.2. The lowest BCUT2D eigenvalue weighted by Crippen LogP contribution is -2.32. The van der Waals surface area contributed by atoms with Gasteiger partial charge in [-0.25, -0.2) is 4.98 Å². The Morgan fingerprint density at radius 2 is 2.04 bits per heavy atom. The van der Waals surface area contributed by atoms with Gasteiger partial charge in [-0.2, -0.15) is 0 Å². The number of hydrogen-bond acceptors (Lipinski definition) is 5. The van der Waals surface area contributed by atoms with Crippen LogP contribution in [0, 0.1) is 6.92 Å². The van der Waals surface area contributed by atoms with E-state index in [-0.39, 0.29) is 12.1 Å². The molecule has 2 atom stereocenters. The lowest BCUT2D eigenvalue weighted by Gasteiger charge is -2.31. The third kappa shape index (κ3) is 3.79. The molecule has 0 saturated carbocycles. The summed E-state index contributed by atoms with van der Waals surface area (Å²) in [5, 5.41) is 4.39. The van der Waals surface area contributed by atoms with Gasteiger partial charge >= 0.3 is 0 Å². The van der Waals surface area contributed by atoms with E-state index in [2.05, 4.69) is 21.4 Å². The van der Waals surface area contributed by atoms with Gasteiger partial charge in [0.1, 0.15) is 6.26 Å². The molecule has 1 aliphatic rings. The average Bonchev–Trinajstić information content (AvgIpc) is 3.07. The van der Waals surface area contributed by atoms with Crippen molar-refractivity contribution in [3.05, 3.63) is 76.5 Å². The van der Waals surface area contributed by atoms with Crippen LogP contribution in [-0.4, -0.2) is 15.0 Å². The summed E-state index contributed by atoms with van der Waals surface area (Å²) in [6.07, 6.45) is 7.26. The number of nitrogens with zero attached hydrogens (tertiary/aromatic N) is 3. The van der Waals surface area contributed by atoms with Gasteiger partial charge in [-0.1, -0.05) is 17.7 Å². The van der Waals surface area contributed by atoms with E-state index in [1.807, 2.05) is 31.2 Å². The van der Waals surface area contributed by atoms with Gasteiger partial charge in [-0.15, -0.1) is 0 Å². The fraction of sp³-hybridized carbons (Fsp3) is 0.350. The Morgan fingerprint density at radius 1 is 1.15 bits per heavy atom. The van der Waals surface area contributed by atoms with E-state index < -0.39 is 0 Å². The molecular weight excluding hydrogens is 348 g/mol. The average molecular weight is 369 g/mol. The molecule has 26 heavy (non-hydrogen) atoms. The maximum atomic E-state index is 6.33. The van der Waals surface area contributed by atoms with E-state index in [0.717, 1.165) is 42.0 Å². The van der Waals surface area contributed by atoms with Crippen molar-refractivity contribution < 1.29 is 4.42 Å². The highest BCUT2D eigenvalue weighted by molar-refractivity contribution is 6.31. The van der Waals surface area contributed by atoms with Gasteiger partial charge in [0.15, 0.2) is 5.89 Å². The summed E-state index contributed by atoms with van der Waals surface area (Å²) >= 11 is 6.33. The molecule has 4 rings (SSSR count). The van der Waals surface area contributed by atoms with Gasteiger partial charge in [0.2, 0.25) is 0 Å². The lowest BCUT2D eigenvalue weighted by atomic mass is 9.94. The Labute approximate surface area is 157 Å². The highest BCUT2D eigenvalue weighted by Gasteiger charge is 2.26. The largest absolute Gasteiger partial charge is 0.448 e. The second kappa shape index (κ2) is 7.56. The van der Waals surface area contributed by atoms with Gasteiger partial charge in [0.25, 0.3) is 0 Å². The van der Waals surface area contributed by atoms with Crippen LogP contribution in [0.15, 0.2) is 47.2 Å². The standard InChI is InChI=1S/C20H21ClN4O/c1-13-12-26-19(23-13)11-14-5-2-7-16(24-14)17-8-3-9-18(25-17)20-15(21)6-4-10-22-20/h2,4-7,10,12,17-18,25H,3,8-9,11H2,1H3/t17-,18+/m1/s1. The zero-order chi connectivity index (χ0) is 17.9. The Bertz CT molecular complexity index is 895. The fourth-order valence-electron chi connectivity index (χ4n) is 3.47.